The van der Waals surface area contributed by atoms with Crippen LogP contribution in [0, 0.1) is 0 Å². The molecule has 1 fully saturated rings. The highest BCUT2D eigenvalue weighted by Gasteiger charge is 2.20. The third-order valence-electron chi connectivity index (χ3n) is 3.08. The molecule has 0 aromatic carbocycles. The number of carbonyl (C=O) groups excluding carboxylic acids is 1. The van der Waals surface area contributed by atoms with Crippen LogP contribution in [0.3, 0.4) is 0 Å². The van der Waals surface area contributed by atoms with Gasteiger partial charge in [-0.1, -0.05) is 0 Å². The number of guanidine groups is 1. The van der Waals surface area contributed by atoms with Crippen molar-refractivity contribution < 1.29 is 13.2 Å². The summed E-state index contributed by atoms with van der Waals surface area (Å²) in [7, 11) is -2.99. The predicted molar refractivity (Wildman–Crippen MR) is 79.5 cm³/mol. The zero-order valence-electron chi connectivity index (χ0n) is 12.4. The van der Waals surface area contributed by atoms with Gasteiger partial charge >= 0.3 is 0 Å². The highest BCUT2D eigenvalue weighted by atomic mass is 32.2. The molecule has 8 heteroatoms. The summed E-state index contributed by atoms with van der Waals surface area (Å²) in [6, 6.07) is 0. The van der Waals surface area contributed by atoms with Crippen LogP contribution in [0.25, 0.3) is 0 Å². The number of amides is 1. The Morgan fingerprint density at radius 1 is 1.20 bits per heavy atom. The topological polar surface area (TPSA) is 82.1 Å². The lowest BCUT2D eigenvalue weighted by atomic mass is 10.3. The Balaban J connectivity index is 2.58. The predicted octanol–water partition coefficient (Wildman–Crippen LogP) is -0.839. The first-order chi connectivity index (χ1) is 9.33. The van der Waals surface area contributed by atoms with Crippen molar-refractivity contribution in [3.8, 4) is 0 Å². The smallest absolute Gasteiger partial charge is 0.219 e. The summed E-state index contributed by atoms with van der Waals surface area (Å²) in [5.41, 5.74) is 0. The first-order valence-corrected chi connectivity index (χ1v) is 8.86. The van der Waals surface area contributed by atoms with E-state index >= 15 is 0 Å². The van der Waals surface area contributed by atoms with Crippen molar-refractivity contribution in [1.29, 1.82) is 0 Å². The van der Waals surface area contributed by atoms with Crippen LogP contribution in [-0.4, -0.2) is 81.4 Å². The molecular weight excluding hydrogens is 280 g/mol. The maximum atomic E-state index is 11.3. The number of nitrogens with one attached hydrogen (secondary N) is 1. The van der Waals surface area contributed by atoms with Gasteiger partial charge in [0.25, 0.3) is 0 Å². The number of aliphatic imine (C=N–C) groups is 1. The summed E-state index contributed by atoms with van der Waals surface area (Å²) in [5.74, 6) is 0.859. The second-order valence-electron chi connectivity index (χ2n) is 4.86. The molecule has 0 aromatic rings. The maximum Gasteiger partial charge on any atom is 0.219 e. The van der Waals surface area contributed by atoms with Crippen LogP contribution in [0.5, 0.6) is 0 Å². The minimum Gasteiger partial charge on any atom is -0.357 e. The minimum atomic E-state index is -2.99. The van der Waals surface area contributed by atoms with Gasteiger partial charge < -0.3 is 15.1 Å². The van der Waals surface area contributed by atoms with E-state index in [0.717, 1.165) is 12.5 Å². The fourth-order valence-corrected chi connectivity index (χ4v) is 2.40. The van der Waals surface area contributed by atoms with Gasteiger partial charge in [-0.25, -0.2) is 8.42 Å². The number of hydrogen-bond acceptors (Lipinski definition) is 4. The molecule has 0 saturated carbocycles. The SMILES string of the molecule is CCNC(=NCCS(C)(=O)=O)N1CCN(C(C)=O)CC1. The van der Waals surface area contributed by atoms with Gasteiger partial charge in [0.2, 0.25) is 5.91 Å². The minimum absolute atomic E-state index is 0.0509. The summed E-state index contributed by atoms with van der Waals surface area (Å²) in [6.07, 6.45) is 1.21. The molecular formula is C12H24N4O3S. The van der Waals surface area contributed by atoms with Crippen molar-refractivity contribution in [2.45, 2.75) is 13.8 Å². The molecule has 116 valence electrons. The summed E-state index contributed by atoms with van der Waals surface area (Å²) in [6.45, 7) is 7.30. The van der Waals surface area contributed by atoms with E-state index in [1.54, 1.807) is 11.8 Å². The Kier molecular flexibility index (Phi) is 6.25. The third-order valence-corrected chi connectivity index (χ3v) is 4.01. The molecule has 20 heavy (non-hydrogen) atoms. The first-order valence-electron chi connectivity index (χ1n) is 6.80. The molecule has 1 aliphatic rings. The monoisotopic (exact) mass is 304 g/mol. The average Bonchev–Trinajstić information content (AvgIpc) is 2.36. The van der Waals surface area contributed by atoms with Crippen LogP contribution in [0.2, 0.25) is 0 Å². The molecule has 0 radical (unpaired) electrons. The summed E-state index contributed by atoms with van der Waals surface area (Å²) in [5, 5.41) is 3.16. The van der Waals surface area contributed by atoms with Crippen molar-refractivity contribution in [1.82, 2.24) is 15.1 Å². The molecule has 0 spiro atoms. The van der Waals surface area contributed by atoms with Gasteiger partial charge in [-0.2, -0.15) is 0 Å². The molecule has 1 amide bonds. The van der Waals surface area contributed by atoms with E-state index in [2.05, 4.69) is 15.2 Å². The van der Waals surface area contributed by atoms with Crippen LogP contribution in [0.4, 0.5) is 0 Å². The molecule has 1 aliphatic heterocycles. The van der Waals surface area contributed by atoms with E-state index in [1.807, 2.05) is 6.92 Å². The quantitative estimate of drug-likeness (QED) is 0.541. The molecule has 0 aliphatic carbocycles. The number of piperazine rings is 1. The molecule has 0 unspecified atom stereocenters. The van der Waals surface area contributed by atoms with Crippen LogP contribution in [-0.2, 0) is 14.6 Å². The van der Waals surface area contributed by atoms with Gasteiger partial charge in [0.05, 0.1) is 12.3 Å². The Hall–Kier alpha value is -1.31. The lowest BCUT2D eigenvalue weighted by molar-refractivity contribution is -0.130. The molecule has 1 saturated heterocycles. The van der Waals surface area contributed by atoms with Crippen molar-refractivity contribution in [2.75, 3.05) is 51.3 Å². The standard InChI is InChI=1S/C12H24N4O3S/c1-4-13-12(14-5-10-20(3,18)19)16-8-6-15(7-9-16)11(2)17/h4-10H2,1-3H3,(H,13,14). The zero-order valence-corrected chi connectivity index (χ0v) is 13.2. The van der Waals surface area contributed by atoms with Gasteiger partial charge in [-0.05, 0) is 6.92 Å². The van der Waals surface area contributed by atoms with E-state index in [-0.39, 0.29) is 18.2 Å². The maximum absolute atomic E-state index is 11.3. The van der Waals surface area contributed by atoms with Gasteiger partial charge in [-0.3, -0.25) is 9.79 Å². The van der Waals surface area contributed by atoms with Crippen molar-refractivity contribution >= 4 is 21.7 Å². The van der Waals surface area contributed by atoms with Gasteiger partial charge in [0.15, 0.2) is 5.96 Å². The van der Waals surface area contributed by atoms with Crippen LogP contribution in [0.15, 0.2) is 4.99 Å². The van der Waals surface area contributed by atoms with E-state index < -0.39 is 9.84 Å². The molecule has 0 aromatic heterocycles. The molecule has 1 rings (SSSR count). The highest BCUT2D eigenvalue weighted by molar-refractivity contribution is 7.90. The Labute approximate surface area is 120 Å². The van der Waals surface area contributed by atoms with Gasteiger partial charge in [0.1, 0.15) is 9.84 Å². The molecule has 1 N–H and O–H groups in total. The second-order valence-corrected chi connectivity index (χ2v) is 7.12. The van der Waals surface area contributed by atoms with E-state index in [9.17, 15) is 13.2 Å². The Bertz CT molecular complexity index is 453. The zero-order chi connectivity index (χ0) is 15.2. The molecule has 0 atom stereocenters. The number of hydrogen-bond donors (Lipinski definition) is 1. The fraction of sp³-hybridized carbons (Fsp3) is 0.833. The van der Waals surface area contributed by atoms with E-state index in [1.165, 1.54) is 6.26 Å². The molecule has 1 heterocycles. The van der Waals surface area contributed by atoms with Gasteiger partial charge in [-0.15, -0.1) is 0 Å². The van der Waals surface area contributed by atoms with Gasteiger partial charge in [0, 0.05) is 45.9 Å². The largest absolute Gasteiger partial charge is 0.357 e. The lowest BCUT2D eigenvalue weighted by Gasteiger charge is -2.36. The summed E-state index contributed by atoms with van der Waals surface area (Å²) < 4.78 is 22.2. The van der Waals surface area contributed by atoms with E-state index in [4.69, 9.17) is 0 Å². The summed E-state index contributed by atoms with van der Waals surface area (Å²) >= 11 is 0. The Morgan fingerprint density at radius 3 is 2.20 bits per heavy atom. The normalized spacial score (nSPS) is 17.2. The van der Waals surface area contributed by atoms with Crippen molar-refractivity contribution in [3.05, 3.63) is 0 Å². The van der Waals surface area contributed by atoms with Crippen molar-refractivity contribution in [2.24, 2.45) is 4.99 Å². The van der Waals surface area contributed by atoms with Crippen LogP contribution < -0.4 is 5.32 Å². The number of sulfone groups is 1. The summed E-state index contributed by atoms with van der Waals surface area (Å²) in [4.78, 5) is 19.5. The molecule has 0 bridgehead atoms. The first kappa shape index (κ1) is 16.7. The van der Waals surface area contributed by atoms with Crippen LogP contribution in [0.1, 0.15) is 13.8 Å². The Morgan fingerprint density at radius 2 is 1.75 bits per heavy atom. The number of rotatable bonds is 4. The fourth-order valence-electron chi connectivity index (χ4n) is 1.98. The number of nitrogens with zero attached hydrogens (tertiary/aromatic N) is 3. The second kappa shape index (κ2) is 7.47. The van der Waals surface area contributed by atoms with Crippen LogP contribution >= 0.6 is 0 Å². The molecule has 7 nitrogen and oxygen atoms in total. The average molecular weight is 304 g/mol. The lowest BCUT2D eigenvalue weighted by Crippen LogP contribution is -2.53. The number of carbonyl (C=O) groups is 1. The highest BCUT2D eigenvalue weighted by Crippen LogP contribution is 2.02. The van der Waals surface area contributed by atoms with E-state index in [0.29, 0.717) is 26.2 Å². The van der Waals surface area contributed by atoms with Crippen molar-refractivity contribution in [3.63, 3.8) is 0 Å². The third kappa shape index (κ3) is 5.77.